The molecule has 0 atom stereocenters. The van der Waals surface area contributed by atoms with Gasteiger partial charge in [0.05, 0.1) is 12.2 Å². The van der Waals surface area contributed by atoms with Crippen molar-refractivity contribution < 1.29 is 4.79 Å². The highest BCUT2D eigenvalue weighted by Gasteiger charge is 2.16. The Hall–Kier alpha value is -3.46. The summed E-state index contributed by atoms with van der Waals surface area (Å²) < 4.78 is 3.19. The summed E-state index contributed by atoms with van der Waals surface area (Å²) in [6, 6.07) is 19.4. The van der Waals surface area contributed by atoms with Crippen molar-refractivity contribution in [3.05, 3.63) is 87.5 Å². The fraction of sp³-hybridized carbons (Fsp3) is 0.143. The Morgan fingerprint density at radius 1 is 1.10 bits per heavy atom. The van der Waals surface area contributed by atoms with Gasteiger partial charge in [0, 0.05) is 7.05 Å². The topological polar surface area (TPSA) is 85.0 Å². The first-order chi connectivity index (χ1) is 14.5. The van der Waals surface area contributed by atoms with Gasteiger partial charge in [-0.2, -0.15) is 5.10 Å². The van der Waals surface area contributed by atoms with Crippen molar-refractivity contribution >= 4 is 38.6 Å². The Bertz CT molecular complexity index is 1240. The third kappa shape index (κ3) is 4.11. The molecule has 8 nitrogen and oxygen atoms in total. The van der Waals surface area contributed by atoms with Crippen molar-refractivity contribution in [2.24, 2.45) is 7.05 Å². The molecule has 0 spiro atoms. The summed E-state index contributed by atoms with van der Waals surface area (Å²) in [7, 11) is 1.71. The lowest BCUT2D eigenvalue weighted by molar-refractivity contribution is -0.121. The molecule has 0 bridgehead atoms. The van der Waals surface area contributed by atoms with Gasteiger partial charge in [-0.25, -0.2) is 9.67 Å². The number of aromatic nitrogens is 4. The van der Waals surface area contributed by atoms with Crippen LogP contribution in [0.1, 0.15) is 5.56 Å². The van der Waals surface area contributed by atoms with Crippen LogP contribution in [0.15, 0.2) is 76.4 Å². The smallest absolute Gasteiger partial charge is 0.266 e. The molecule has 30 heavy (non-hydrogen) atoms. The van der Waals surface area contributed by atoms with Gasteiger partial charge in [0.2, 0.25) is 0 Å². The Morgan fingerprint density at radius 2 is 1.77 bits per heavy atom. The lowest BCUT2D eigenvalue weighted by Crippen LogP contribution is -2.44. The number of rotatable bonds is 6. The Balaban J connectivity index is 1.57. The summed E-state index contributed by atoms with van der Waals surface area (Å²) in [5, 5.41) is 6.26. The van der Waals surface area contributed by atoms with Crippen LogP contribution in [-0.4, -0.2) is 25.2 Å². The number of aryl methyl sites for hydroxylation is 1. The number of hydrogen-bond donors (Lipinski definition) is 1. The molecule has 0 aliphatic carbocycles. The van der Waals surface area contributed by atoms with Gasteiger partial charge in [0.25, 0.3) is 11.5 Å². The van der Waals surface area contributed by atoms with Crippen LogP contribution in [0.5, 0.6) is 0 Å². The van der Waals surface area contributed by atoms with Crippen molar-refractivity contribution in [1.82, 2.24) is 24.8 Å². The van der Waals surface area contributed by atoms with Crippen LogP contribution >= 0.6 is 15.9 Å². The second-order valence-corrected chi connectivity index (χ2v) is 7.48. The van der Waals surface area contributed by atoms with Gasteiger partial charge in [0.15, 0.2) is 5.65 Å². The molecular formula is C21H19BrN6O2. The molecule has 0 unspecified atom stereocenters. The molecule has 2 heterocycles. The van der Waals surface area contributed by atoms with Crippen LogP contribution in [0.4, 0.5) is 5.69 Å². The van der Waals surface area contributed by atoms with Gasteiger partial charge in [-0.05, 0) is 33.6 Å². The maximum absolute atomic E-state index is 12.8. The van der Waals surface area contributed by atoms with Gasteiger partial charge in [-0.15, -0.1) is 0 Å². The van der Waals surface area contributed by atoms with Crippen molar-refractivity contribution in [3.63, 3.8) is 0 Å². The fourth-order valence-corrected chi connectivity index (χ4v) is 3.74. The largest absolute Gasteiger partial charge is 0.289 e. The quantitative estimate of drug-likeness (QED) is 0.441. The number of anilines is 1. The number of carbonyl (C=O) groups is 1. The zero-order chi connectivity index (χ0) is 21.1. The van der Waals surface area contributed by atoms with Crippen LogP contribution < -0.4 is 16.0 Å². The van der Waals surface area contributed by atoms with E-state index in [0.717, 1.165) is 11.3 Å². The monoisotopic (exact) mass is 466 g/mol. The lowest BCUT2D eigenvalue weighted by atomic mass is 10.2. The predicted octanol–water partition coefficient (Wildman–Crippen LogP) is 2.63. The highest BCUT2D eigenvalue weighted by molar-refractivity contribution is 9.10. The highest BCUT2D eigenvalue weighted by atomic mass is 79.9. The van der Waals surface area contributed by atoms with E-state index in [-0.39, 0.29) is 18.0 Å². The van der Waals surface area contributed by atoms with E-state index in [2.05, 4.69) is 31.4 Å². The minimum absolute atomic E-state index is 0.165. The molecule has 0 radical (unpaired) electrons. The molecule has 2 aromatic carbocycles. The maximum atomic E-state index is 12.8. The van der Waals surface area contributed by atoms with E-state index in [0.29, 0.717) is 22.2 Å². The average Bonchev–Trinajstić information content (AvgIpc) is 3.05. The second-order valence-electron chi connectivity index (χ2n) is 6.73. The van der Waals surface area contributed by atoms with E-state index in [4.69, 9.17) is 0 Å². The summed E-state index contributed by atoms with van der Waals surface area (Å²) in [5.74, 6) is -0.335. The van der Waals surface area contributed by atoms with Crippen LogP contribution in [0.3, 0.4) is 0 Å². The molecule has 4 rings (SSSR count). The number of benzene rings is 2. The summed E-state index contributed by atoms with van der Waals surface area (Å²) >= 11 is 3.28. The standard InChI is InChI=1S/C21H19BrN6O2/c1-26-20-18(19(22)25-26)21(30)27(14-23-20)13-17(29)24-28(16-10-6-3-7-11-16)12-15-8-4-2-5-9-15/h2-11,14H,12-13H2,1H3,(H,24,29). The highest BCUT2D eigenvalue weighted by Crippen LogP contribution is 2.17. The predicted molar refractivity (Wildman–Crippen MR) is 118 cm³/mol. The van der Waals surface area contributed by atoms with E-state index in [1.165, 1.54) is 15.6 Å². The Kier molecular flexibility index (Phi) is 5.62. The van der Waals surface area contributed by atoms with Crippen molar-refractivity contribution in [1.29, 1.82) is 0 Å². The third-order valence-electron chi connectivity index (χ3n) is 4.59. The number of para-hydroxylation sites is 1. The zero-order valence-corrected chi connectivity index (χ0v) is 17.8. The first-order valence-electron chi connectivity index (χ1n) is 9.26. The number of carbonyl (C=O) groups excluding carboxylic acids is 1. The average molecular weight is 467 g/mol. The number of nitrogens with zero attached hydrogens (tertiary/aromatic N) is 5. The number of halogens is 1. The van der Waals surface area contributed by atoms with E-state index in [9.17, 15) is 9.59 Å². The number of hydrogen-bond acceptors (Lipinski definition) is 5. The van der Waals surface area contributed by atoms with Gasteiger partial charge < -0.3 is 0 Å². The van der Waals surface area contributed by atoms with Crippen molar-refractivity contribution in [2.45, 2.75) is 13.1 Å². The van der Waals surface area contributed by atoms with E-state index >= 15 is 0 Å². The summed E-state index contributed by atoms with van der Waals surface area (Å²) in [6.07, 6.45) is 1.36. The second kappa shape index (κ2) is 8.50. The van der Waals surface area contributed by atoms with Crippen LogP contribution in [0.2, 0.25) is 0 Å². The normalized spacial score (nSPS) is 10.9. The molecule has 0 aliphatic heterocycles. The summed E-state index contributed by atoms with van der Waals surface area (Å²) in [5.41, 5.74) is 4.91. The van der Waals surface area contributed by atoms with Gasteiger partial charge >= 0.3 is 0 Å². The SMILES string of the molecule is Cn1nc(Br)c2c(=O)n(CC(=O)NN(Cc3ccccc3)c3ccccc3)cnc21. The molecule has 0 saturated carbocycles. The molecule has 2 aromatic heterocycles. The first-order valence-corrected chi connectivity index (χ1v) is 10.1. The Morgan fingerprint density at radius 3 is 2.47 bits per heavy atom. The molecule has 0 aliphatic rings. The molecule has 9 heteroatoms. The van der Waals surface area contributed by atoms with Crippen molar-refractivity contribution in [2.75, 3.05) is 5.01 Å². The van der Waals surface area contributed by atoms with Gasteiger partial charge in [0.1, 0.15) is 22.9 Å². The summed E-state index contributed by atoms with van der Waals surface area (Å²) in [4.78, 5) is 29.8. The number of nitrogens with one attached hydrogen (secondary N) is 1. The molecule has 152 valence electrons. The van der Waals surface area contributed by atoms with Crippen LogP contribution in [0.25, 0.3) is 11.0 Å². The first kappa shape index (κ1) is 19.8. The van der Waals surface area contributed by atoms with Crippen molar-refractivity contribution in [3.8, 4) is 0 Å². The molecule has 4 aromatic rings. The molecule has 0 saturated heterocycles. The summed E-state index contributed by atoms with van der Waals surface area (Å²) in [6.45, 7) is 0.318. The molecule has 1 amide bonds. The molecule has 1 N–H and O–H groups in total. The number of amides is 1. The van der Waals surface area contributed by atoms with Gasteiger partial charge in [-0.3, -0.25) is 24.6 Å². The zero-order valence-electron chi connectivity index (χ0n) is 16.2. The van der Waals surface area contributed by atoms with Crippen LogP contribution in [0, 0.1) is 0 Å². The van der Waals surface area contributed by atoms with Crippen LogP contribution in [-0.2, 0) is 24.9 Å². The van der Waals surface area contributed by atoms with E-state index in [1.807, 2.05) is 60.7 Å². The minimum atomic E-state index is -0.335. The van der Waals surface area contributed by atoms with E-state index in [1.54, 1.807) is 12.1 Å². The number of fused-ring (bicyclic) bond motifs is 1. The minimum Gasteiger partial charge on any atom is -0.289 e. The fourth-order valence-electron chi connectivity index (χ4n) is 3.16. The molecule has 0 fully saturated rings. The van der Waals surface area contributed by atoms with E-state index < -0.39 is 0 Å². The number of hydrazine groups is 1. The Labute approximate surface area is 180 Å². The maximum Gasteiger partial charge on any atom is 0.266 e. The van der Waals surface area contributed by atoms with Gasteiger partial charge in [-0.1, -0.05) is 48.5 Å². The third-order valence-corrected chi connectivity index (χ3v) is 5.15. The lowest BCUT2D eigenvalue weighted by Gasteiger charge is -2.25. The molecular weight excluding hydrogens is 448 g/mol.